The summed E-state index contributed by atoms with van der Waals surface area (Å²) in [5.74, 6) is 1.74. The van der Waals surface area contributed by atoms with Gasteiger partial charge in [0.15, 0.2) is 5.78 Å². The van der Waals surface area contributed by atoms with Gasteiger partial charge in [-0.2, -0.15) is 0 Å². The van der Waals surface area contributed by atoms with Gasteiger partial charge in [-0.15, -0.1) is 0 Å². The minimum Gasteiger partial charge on any atom is -0.469 e. The average Bonchev–Trinajstić information content (AvgIpc) is 3.02. The Hall–Kier alpha value is -2.17. The van der Waals surface area contributed by atoms with Crippen LogP contribution in [0.3, 0.4) is 0 Å². The lowest BCUT2D eigenvalue weighted by atomic mass is 9.85. The molecule has 1 aliphatic carbocycles. The topological polar surface area (TPSA) is 59.2 Å². The normalized spacial score (nSPS) is 17.6. The molecular formula is C16H19N3O2. The lowest BCUT2D eigenvalue weighted by Crippen LogP contribution is -2.27. The molecule has 21 heavy (non-hydrogen) atoms. The molecule has 110 valence electrons. The van der Waals surface area contributed by atoms with Crippen molar-refractivity contribution < 1.29 is 9.21 Å². The molecule has 0 aliphatic heterocycles. The second-order valence-electron chi connectivity index (χ2n) is 5.25. The van der Waals surface area contributed by atoms with Crippen molar-refractivity contribution in [2.24, 2.45) is 0 Å². The Bertz CT molecular complexity index is 633. The molecule has 5 heteroatoms. The number of aromatic nitrogens is 2. The quantitative estimate of drug-likeness (QED) is 0.864. The molecule has 3 rings (SSSR count). The van der Waals surface area contributed by atoms with Crippen LogP contribution in [-0.2, 0) is 6.42 Å². The maximum Gasteiger partial charge on any atom is 0.225 e. The highest BCUT2D eigenvalue weighted by Gasteiger charge is 2.29. The van der Waals surface area contributed by atoms with Crippen LogP contribution in [0.25, 0.3) is 0 Å². The van der Waals surface area contributed by atoms with E-state index < -0.39 is 0 Å². The van der Waals surface area contributed by atoms with Crippen molar-refractivity contribution in [3.63, 3.8) is 0 Å². The molecule has 1 unspecified atom stereocenters. The molecule has 0 amide bonds. The number of rotatable bonds is 4. The van der Waals surface area contributed by atoms with Gasteiger partial charge in [0.25, 0.3) is 0 Å². The minimum atomic E-state index is 0.0828. The van der Waals surface area contributed by atoms with E-state index in [1.165, 1.54) is 0 Å². The Morgan fingerprint density at radius 3 is 2.81 bits per heavy atom. The van der Waals surface area contributed by atoms with Crippen LogP contribution in [-0.4, -0.2) is 28.8 Å². The van der Waals surface area contributed by atoms with Crippen LogP contribution in [0.2, 0.25) is 0 Å². The number of hydrogen-bond acceptors (Lipinski definition) is 5. The molecule has 2 aromatic heterocycles. The number of ketones is 1. The van der Waals surface area contributed by atoms with E-state index in [2.05, 4.69) is 28.7 Å². The van der Waals surface area contributed by atoms with Crippen LogP contribution in [0.15, 0.2) is 29.0 Å². The van der Waals surface area contributed by atoms with Gasteiger partial charge in [-0.3, -0.25) is 4.79 Å². The van der Waals surface area contributed by atoms with Gasteiger partial charge in [0, 0.05) is 38.0 Å². The first-order chi connectivity index (χ1) is 10.2. The first-order valence-electron chi connectivity index (χ1n) is 7.40. The van der Waals surface area contributed by atoms with Crippen molar-refractivity contribution in [2.75, 3.05) is 18.0 Å². The van der Waals surface area contributed by atoms with Crippen LogP contribution in [0.1, 0.15) is 48.0 Å². The summed E-state index contributed by atoms with van der Waals surface area (Å²) in [4.78, 5) is 23.3. The van der Waals surface area contributed by atoms with E-state index in [0.717, 1.165) is 31.0 Å². The summed E-state index contributed by atoms with van der Waals surface area (Å²) in [6.45, 7) is 5.85. The number of Topliss-reactive ketones (excluding diaryl/α,β-unsaturated/α-hetero) is 1. The number of fused-ring (bicyclic) bond motifs is 1. The lowest BCUT2D eigenvalue weighted by Gasteiger charge is -2.24. The van der Waals surface area contributed by atoms with Crippen molar-refractivity contribution in [3.05, 3.63) is 41.6 Å². The van der Waals surface area contributed by atoms with Crippen LogP contribution >= 0.6 is 0 Å². The van der Waals surface area contributed by atoms with Crippen molar-refractivity contribution in [1.82, 2.24) is 9.97 Å². The zero-order chi connectivity index (χ0) is 14.8. The summed E-state index contributed by atoms with van der Waals surface area (Å²) in [6, 6.07) is 3.78. The predicted molar refractivity (Wildman–Crippen MR) is 79.7 cm³/mol. The van der Waals surface area contributed by atoms with E-state index in [-0.39, 0.29) is 11.7 Å². The summed E-state index contributed by atoms with van der Waals surface area (Å²) in [5, 5.41) is 0. The first-order valence-corrected chi connectivity index (χ1v) is 7.40. The number of furan rings is 1. The predicted octanol–water partition coefficient (Wildman–Crippen LogP) is 2.83. The molecule has 0 N–H and O–H groups in total. The van der Waals surface area contributed by atoms with E-state index in [9.17, 15) is 4.79 Å². The van der Waals surface area contributed by atoms with Crippen LogP contribution < -0.4 is 4.90 Å². The summed E-state index contributed by atoms with van der Waals surface area (Å²) < 4.78 is 5.45. The second kappa shape index (κ2) is 5.68. The van der Waals surface area contributed by atoms with Gasteiger partial charge in [0.2, 0.25) is 5.95 Å². The Kier molecular flexibility index (Phi) is 3.73. The van der Waals surface area contributed by atoms with E-state index in [4.69, 9.17) is 4.42 Å². The number of carbonyl (C=O) groups is 1. The van der Waals surface area contributed by atoms with E-state index >= 15 is 0 Å². The molecule has 0 saturated carbocycles. The van der Waals surface area contributed by atoms with Crippen molar-refractivity contribution in [1.29, 1.82) is 0 Å². The molecule has 2 aromatic rings. The van der Waals surface area contributed by atoms with E-state index in [0.29, 0.717) is 17.9 Å². The van der Waals surface area contributed by atoms with E-state index in [1.54, 1.807) is 12.5 Å². The Labute approximate surface area is 124 Å². The fourth-order valence-electron chi connectivity index (χ4n) is 2.82. The van der Waals surface area contributed by atoms with Crippen LogP contribution in [0, 0.1) is 0 Å². The second-order valence-corrected chi connectivity index (χ2v) is 5.25. The van der Waals surface area contributed by atoms with Crippen molar-refractivity contribution in [3.8, 4) is 0 Å². The van der Waals surface area contributed by atoms with Gasteiger partial charge in [0.05, 0.1) is 17.5 Å². The zero-order valence-corrected chi connectivity index (χ0v) is 12.4. The highest BCUT2D eigenvalue weighted by atomic mass is 16.3. The zero-order valence-electron chi connectivity index (χ0n) is 12.4. The summed E-state index contributed by atoms with van der Waals surface area (Å²) >= 11 is 0. The number of carbonyl (C=O) groups excluding carboxylic acids is 1. The lowest BCUT2D eigenvalue weighted by molar-refractivity contribution is 0.0958. The summed E-state index contributed by atoms with van der Waals surface area (Å²) in [5.41, 5.74) is 1.50. The van der Waals surface area contributed by atoms with Gasteiger partial charge in [-0.1, -0.05) is 0 Å². The molecule has 1 atom stereocenters. The Morgan fingerprint density at radius 1 is 1.33 bits per heavy atom. The third-order valence-corrected chi connectivity index (χ3v) is 4.02. The van der Waals surface area contributed by atoms with Gasteiger partial charge in [-0.25, -0.2) is 9.97 Å². The maximum absolute atomic E-state index is 12.3. The average molecular weight is 285 g/mol. The molecule has 0 spiro atoms. The number of nitrogens with zero attached hydrogens (tertiary/aromatic N) is 3. The van der Waals surface area contributed by atoms with Gasteiger partial charge in [-0.05, 0) is 26.0 Å². The number of anilines is 1. The Morgan fingerprint density at radius 2 is 2.14 bits per heavy atom. The highest BCUT2D eigenvalue weighted by Crippen LogP contribution is 2.32. The van der Waals surface area contributed by atoms with Gasteiger partial charge >= 0.3 is 0 Å². The monoisotopic (exact) mass is 285 g/mol. The fraction of sp³-hybridized carbons (Fsp3) is 0.438. The third kappa shape index (κ3) is 2.55. The molecule has 5 nitrogen and oxygen atoms in total. The SMILES string of the molecule is CCN(CC)c1ncc2c(n1)CC(c1ccco1)CC2=O. The standard InChI is InChI=1S/C16H19N3O2/c1-3-19(4-2)16-17-10-12-13(18-16)8-11(9-14(12)20)15-6-5-7-21-15/h5-7,10-11H,3-4,8-9H2,1-2H3. The molecule has 0 saturated heterocycles. The molecule has 0 radical (unpaired) electrons. The van der Waals surface area contributed by atoms with E-state index in [1.807, 2.05) is 12.1 Å². The van der Waals surface area contributed by atoms with Crippen molar-refractivity contribution in [2.45, 2.75) is 32.6 Å². The summed E-state index contributed by atoms with van der Waals surface area (Å²) in [6.07, 6.45) is 4.52. The van der Waals surface area contributed by atoms with Crippen LogP contribution in [0.4, 0.5) is 5.95 Å². The first kappa shape index (κ1) is 13.8. The number of hydrogen-bond donors (Lipinski definition) is 0. The molecular weight excluding hydrogens is 266 g/mol. The van der Waals surface area contributed by atoms with Gasteiger partial charge in [0.1, 0.15) is 5.76 Å². The Balaban J connectivity index is 1.93. The maximum atomic E-state index is 12.3. The highest BCUT2D eigenvalue weighted by molar-refractivity contribution is 5.98. The van der Waals surface area contributed by atoms with Gasteiger partial charge < -0.3 is 9.32 Å². The largest absolute Gasteiger partial charge is 0.469 e. The third-order valence-electron chi connectivity index (χ3n) is 4.02. The fourth-order valence-corrected chi connectivity index (χ4v) is 2.82. The van der Waals surface area contributed by atoms with Crippen LogP contribution in [0.5, 0.6) is 0 Å². The smallest absolute Gasteiger partial charge is 0.225 e. The molecule has 0 fully saturated rings. The molecule has 1 aliphatic rings. The van der Waals surface area contributed by atoms with Crippen molar-refractivity contribution >= 4 is 11.7 Å². The minimum absolute atomic E-state index is 0.0828. The summed E-state index contributed by atoms with van der Waals surface area (Å²) in [7, 11) is 0. The molecule has 0 bridgehead atoms. The molecule has 2 heterocycles. The molecule has 0 aromatic carbocycles.